The Hall–Kier alpha value is -7.23. The highest BCUT2D eigenvalue weighted by atomic mass is 14.9. The molecule has 9 aliphatic rings. The molecule has 0 aliphatic heterocycles. The minimum Gasteiger partial charge on any atom is -0.201 e. The molecule has 6 saturated carbocycles. The second-order valence-corrected chi connectivity index (χ2v) is 35.0. The summed E-state index contributed by atoms with van der Waals surface area (Å²) in [6.07, 6.45) is 49.6. The first kappa shape index (κ1) is 68.2. The van der Waals surface area contributed by atoms with Gasteiger partial charge in [-0.25, -0.2) is 13.7 Å². The van der Waals surface area contributed by atoms with Crippen molar-refractivity contribution in [1.82, 2.24) is 0 Å². The highest BCUT2D eigenvalue weighted by Crippen LogP contribution is 2.56. The third-order valence-electron chi connectivity index (χ3n) is 28.7. The number of rotatable bonds is 6. The largest absolute Gasteiger partial charge is 0.213 e. The molecule has 0 bridgehead atoms. The number of fused-ring (bicyclic) bond motifs is 9. The Balaban J connectivity index is 0.000000118. The average molecular weight is 1340 g/mol. The number of aromatic nitrogens is 3. The zero-order valence-electron chi connectivity index (χ0n) is 64.0. The fourth-order valence-electron chi connectivity index (χ4n) is 22.9. The molecule has 3 aromatic heterocycles. The van der Waals surface area contributed by atoms with Crippen molar-refractivity contribution < 1.29 is 13.7 Å². The van der Waals surface area contributed by atoms with Crippen LogP contribution in [-0.4, -0.2) is 0 Å². The van der Waals surface area contributed by atoms with Crippen molar-refractivity contribution in [2.24, 2.45) is 37.4 Å². The molecule has 9 aromatic rings. The molecule has 0 saturated heterocycles. The first-order valence-electron chi connectivity index (χ1n) is 40.6. The Morgan fingerprint density at radius 1 is 0.277 bits per heavy atom. The summed E-state index contributed by atoms with van der Waals surface area (Å²) in [5.74, 6) is 2.19. The van der Waals surface area contributed by atoms with Crippen LogP contribution in [0.2, 0.25) is 0 Å². The molecule has 0 radical (unpaired) electrons. The number of benzene rings is 6. The normalized spacial score (nSPS) is 20.4. The van der Waals surface area contributed by atoms with Gasteiger partial charge in [0.25, 0.3) is 0 Å². The van der Waals surface area contributed by atoms with Crippen LogP contribution in [0.4, 0.5) is 0 Å². The third-order valence-corrected chi connectivity index (χ3v) is 28.7. The monoisotopic (exact) mass is 1340 g/mol. The number of hydrogen-bond donors (Lipinski definition) is 0. The van der Waals surface area contributed by atoms with Gasteiger partial charge in [-0.1, -0.05) is 160 Å². The van der Waals surface area contributed by atoms with Crippen LogP contribution in [0, 0.1) is 71.6 Å². The van der Waals surface area contributed by atoms with E-state index < -0.39 is 0 Å². The maximum atomic E-state index is 2.58. The van der Waals surface area contributed by atoms with Crippen molar-refractivity contribution in [2.75, 3.05) is 0 Å². The van der Waals surface area contributed by atoms with Crippen LogP contribution < -0.4 is 13.7 Å². The molecule has 0 atom stereocenters. The summed E-state index contributed by atoms with van der Waals surface area (Å²) >= 11 is 0. The van der Waals surface area contributed by atoms with Crippen LogP contribution in [0.15, 0.2) is 134 Å². The second-order valence-electron chi connectivity index (χ2n) is 35.0. The molecule has 9 aliphatic carbocycles. The lowest BCUT2D eigenvalue weighted by molar-refractivity contribution is -0.661. The number of aryl methyl sites for hydroxylation is 11. The van der Waals surface area contributed by atoms with Gasteiger partial charge >= 0.3 is 0 Å². The fourth-order valence-corrected chi connectivity index (χ4v) is 22.9. The van der Waals surface area contributed by atoms with Crippen molar-refractivity contribution >= 4 is 0 Å². The van der Waals surface area contributed by atoms with Crippen molar-refractivity contribution in [1.29, 1.82) is 0 Å². The molecule has 101 heavy (non-hydrogen) atoms. The van der Waals surface area contributed by atoms with Gasteiger partial charge in [0, 0.05) is 34.9 Å². The molecule has 6 aromatic carbocycles. The molecule has 522 valence electrons. The van der Waals surface area contributed by atoms with Gasteiger partial charge in [0.1, 0.15) is 21.1 Å². The van der Waals surface area contributed by atoms with E-state index in [-0.39, 0.29) is 0 Å². The minimum atomic E-state index is 0.686. The van der Waals surface area contributed by atoms with E-state index in [4.69, 9.17) is 0 Å². The Morgan fingerprint density at radius 2 is 0.653 bits per heavy atom. The van der Waals surface area contributed by atoms with Crippen LogP contribution in [0.1, 0.15) is 286 Å². The lowest BCUT2D eigenvalue weighted by atomic mass is 9.62. The van der Waals surface area contributed by atoms with Crippen LogP contribution in [0.5, 0.6) is 0 Å². The Morgan fingerprint density at radius 3 is 1.14 bits per heavy atom. The maximum absolute atomic E-state index is 2.58. The summed E-state index contributed by atoms with van der Waals surface area (Å²) < 4.78 is 7.21. The molecular formula is C98H118N3+3. The van der Waals surface area contributed by atoms with Gasteiger partial charge in [0.15, 0.2) is 18.6 Å². The van der Waals surface area contributed by atoms with Gasteiger partial charge in [0.2, 0.25) is 17.1 Å². The first-order chi connectivity index (χ1) is 48.9. The second kappa shape index (κ2) is 27.8. The lowest BCUT2D eigenvalue weighted by Gasteiger charge is -2.43. The summed E-state index contributed by atoms with van der Waals surface area (Å²) in [5, 5.41) is 0. The number of hydrogen-bond acceptors (Lipinski definition) is 0. The predicted molar refractivity (Wildman–Crippen MR) is 422 cm³/mol. The zero-order chi connectivity index (χ0) is 69.5. The van der Waals surface area contributed by atoms with E-state index in [1.165, 1.54) is 318 Å². The van der Waals surface area contributed by atoms with Crippen LogP contribution in [0.25, 0.3) is 67.2 Å². The summed E-state index contributed by atoms with van der Waals surface area (Å²) in [6, 6.07) is 44.4. The van der Waals surface area contributed by atoms with Gasteiger partial charge in [-0.05, 0) is 330 Å². The Labute approximate surface area is 608 Å². The molecule has 0 N–H and O–H groups in total. The molecule has 3 spiro atoms. The molecule has 0 unspecified atom stereocenters. The number of nitrogens with zero attached hydrogens (tertiary/aromatic N) is 3. The van der Waals surface area contributed by atoms with Gasteiger partial charge in [-0.2, -0.15) is 0 Å². The van der Waals surface area contributed by atoms with Crippen LogP contribution >= 0.6 is 0 Å². The minimum absolute atomic E-state index is 0.686. The topological polar surface area (TPSA) is 11.6 Å². The van der Waals surface area contributed by atoms with E-state index in [1.807, 2.05) is 0 Å². The highest BCUT2D eigenvalue weighted by Gasteiger charge is 2.42. The van der Waals surface area contributed by atoms with E-state index in [0.29, 0.717) is 16.2 Å². The summed E-state index contributed by atoms with van der Waals surface area (Å²) in [7, 11) is 6.76. The fraction of sp³-hybridized carbons (Fsp3) is 0.480. The summed E-state index contributed by atoms with van der Waals surface area (Å²) in [4.78, 5) is 0. The quantitative estimate of drug-likeness (QED) is 0.147. The van der Waals surface area contributed by atoms with Gasteiger partial charge < -0.3 is 0 Å². The van der Waals surface area contributed by atoms with E-state index in [9.17, 15) is 0 Å². The Bertz CT molecular complexity index is 4630. The van der Waals surface area contributed by atoms with E-state index in [0.717, 1.165) is 37.0 Å². The average Bonchev–Trinajstić information content (AvgIpc) is 1.65. The van der Waals surface area contributed by atoms with E-state index in [2.05, 4.69) is 224 Å². The Kier molecular flexibility index (Phi) is 18.7. The van der Waals surface area contributed by atoms with Gasteiger partial charge in [-0.15, -0.1) is 0 Å². The lowest BCUT2D eigenvalue weighted by Crippen LogP contribution is -2.34. The van der Waals surface area contributed by atoms with Crippen LogP contribution in [-0.2, 0) is 40.4 Å². The van der Waals surface area contributed by atoms with Crippen molar-refractivity contribution in [3.63, 3.8) is 0 Å². The SMILES string of the molecule is Cc1c[n+](C)c(-c2c(C)ccc3c2Cc2c(C)cccc2-3)cc1C1CCC2(CCCCC2)CC1.Cc1cc(-c2c(C)ccc3c2Cc2ccccc2-3)[n+](C)cc1C1CCC2(CCCCC2)CC1.Cc1ccc2c(c1)Cc1c-2ccc(C)c1-c1cc(C2CCC3(CCCCC3)CC2)c(C)c[n+]1C. The molecule has 0 amide bonds. The smallest absolute Gasteiger partial charge is 0.201 e. The predicted octanol–water partition coefficient (Wildman–Crippen LogP) is 24.5. The van der Waals surface area contributed by atoms with E-state index >= 15 is 0 Å². The maximum Gasteiger partial charge on any atom is 0.213 e. The number of pyridine rings is 3. The van der Waals surface area contributed by atoms with Crippen molar-refractivity contribution in [3.05, 3.63) is 228 Å². The molecular weight excluding hydrogens is 1220 g/mol. The van der Waals surface area contributed by atoms with Crippen LogP contribution in [0.3, 0.4) is 0 Å². The molecule has 3 nitrogen and oxygen atoms in total. The van der Waals surface area contributed by atoms with Gasteiger partial charge in [0.05, 0.1) is 16.7 Å². The summed E-state index contributed by atoms with van der Waals surface area (Å²) in [5.41, 5.74) is 44.5. The third kappa shape index (κ3) is 12.9. The molecule has 18 rings (SSSR count). The first-order valence-corrected chi connectivity index (χ1v) is 40.6. The van der Waals surface area contributed by atoms with E-state index in [1.54, 1.807) is 16.7 Å². The molecule has 3 heterocycles. The van der Waals surface area contributed by atoms with Gasteiger partial charge in [-0.3, -0.25) is 0 Å². The van der Waals surface area contributed by atoms with Crippen molar-refractivity contribution in [3.8, 4) is 67.2 Å². The molecule has 3 heteroatoms. The zero-order valence-corrected chi connectivity index (χ0v) is 64.0. The highest BCUT2D eigenvalue weighted by molar-refractivity contribution is 5.88. The molecule has 6 fully saturated rings. The van der Waals surface area contributed by atoms with Crippen molar-refractivity contribution in [2.45, 2.75) is 266 Å². The standard InChI is InChI=1S/2C33H40N.C32H38N/c1-22-8-10-27-26(18-22)19-30-28(27)11-9-23(2)32(30)31-20-29(24(3)21-34(31)4)25-12-16-33(17-13-25)14-6-5-7-15-33;1-22-9-8-10-26-27-12-11-23(2)32(30(27)19-29(22)26)31-20-28(24(3)21-34(31)4)25-13-17-33(18-14-25)15-6-5-7-16-33;1-22-11-12-27-26-10-6-5-9-25(26)20-28(27)31(22)30-19-23(2)29(21-33(30)3)24-13-17-32(18-14-24)15-7-4-8-16-32/h8-11,18,20-21,25H,5-7,12-17,19H2,1-4H3;8-12,20-21,25H,5-7,13-19H2,1-4H3;5-6,9-12,19,21,24H,4,7-8,13-18,20H2,1-3H3/q3*+1. The summed E-state index contributed by atoms with van der Waals surface area (Å²) in [6.45, 7) is 18.4.